The first-order valence-corrected chi connectivity index (χ1v) is 6.50. The quantitative estimate of drug-likeness (QED) is 0.865. The summed E-state index contributed by atoms with van der Waals surface area (Å²) in [7, 11) is 0. The van der Waals surface area contributed by atoms with Gasteiger partial charge in [0.1, 0.15) is 0 Å². The second kappa shape index (κ2) is 6.31. The summed E-state index contributed by atoms with van der Waals surface area (Å²) in [4.78, 5) is 4.14. The Bertz CT molecular complexity index is 462. The van der Waals surface area contributed by atoms with Gasteiger partial charge in [-0.25, -0.2) is 0 Å². The Balaban J connectivity index is 1.91. The van der Waals surface area contributed by atoms with Crippen LogP contribution in [0.3, 0.4) is 0 Å². The molecule has 18 heavy (non-hydrogen) atoms. The molecule has 0 saturated carbocycles. The second-order valence-corrected chi connectivity index (χ2v) is 4.56. The van der Waals surface area contributed by atoms with Crippen molar-refractivity contribution in [3.05, 3.63) is 65.5 Å². The molecule has 0 aliphatic carbocycles. The lowest BCUT2D eigenvalue weighted by Crippen LogP contribution is -2.18. The molecule has 2 aromatic rings. The highest BCUT2D eigenvalue weighted by atomic mass is 14.9. The average molecular weight is 240 g/mol. The largest absolute Gasteiger partial charge is 0.306 e. The van der Waals surface area contributed by atoms with Crippen LogP contribution in [0.15, 0.2) is 48.8 Å². The molecule has 2 rings (SSSR count). The third-order valence-corrected chi connectivity index (χ3v) is 3.23. The molecule has 1 atom stereocenters. The number of hydrogen-bond donors (Lipinski definition) is 1. The van der Waals surface area contributed by atoms with Crippen molar-refractivity contribution in [1.82, 2.24) is 10.3 Å². The van der Waals surface area contributed by atoms with Gasteiger partial charge in [-0.3, -0.25) is 4.98 Å². The maximum atomic E-state index is 4.14. The van der Waals surface area contributed by atoms with Gasteiger partial charge in [0.2, 0.25) is 0 Å². The van der Waals surface area contributed by atoms with Crippen LogP contribution in [-0.4, -0.2) is 4.98 Å². The zero-order valence-corrected chi connectivity index (χ0v) is 11.1. The highest BCUT2D eigenvalue weighted by Crippen LogP contribution is 2.11. The van der Waals surface area contributed by atoms with Gasteiger partial charge in [0.15, 0.2) is 0 Å². The molecule has 0 bridgehead atoms. The van der Waals surface area contributed by atoms with Crippen molar-refractivity contribution in [1.29, 1.82) is 0 Å². The lowest BCUT2D eigenvalue weighted by Gasteiger charge is -2.14. The average Bonchev–Trinajstić information content (AvgIpc) is 2.46. The molecule has 0 amide bonds. The van der Waals surface area contributed by atoms with E-state index in [2.05, 4.69) is 54.5 Å². The Hall–Kier alpha value is -1.67. The van der Waals surface area contributed by atoms with E-state index >= 15 is 0 Å². The Morgan fingerprint density at radius 1 is 1.11 bits per heavy atom. The van der Waals surface area contributed by atoms with Crippen molar-refractivity contribution in [3.63, 3.8) is 0 Å². The standard InChI is InChI=1S/C16H20N2/c1-3-14-6-8-15(9-7-14)11-18-13(2)16-5-4-10-17-12-16/h4-10,12-13,18H,3,11H2,1-2H3. The molecule has 2 heteroatoms. The van der Waals surface area contributed by atoms with E-state index in [1.807, 2.05) is 12.3 Å². The van der Waals surface area contributed by atoms with Crippen LogP contribution in [0.1, 0.15) is 36.6 Å². The summed E-state index contributed by atoms with van der Waals surface area (Å²) >= 11 is 0. The van der Waals surface area contributed by atoms with Crippen LogP contribution in [0.25, 0.3) is 0 Å². The summed E-state index contributed by atoms with van der Waals surface area (Å²) in [6.07, 6.45) is 4.82. The number of hydrogen-bond acceptors (Lipinski definition) is 2. The molecule has 0 fully saturated rings. The monoisotopic (exact) mass is 240 g/mol. The number of rotatable bonds is 5. The minimum atomic E-state index is 0.324. The van der Waals surface area contributed by atoms with Gasteiger partial charge in [-0.15, -0.1) is 0 Å². The molecule has 0 spiro atoms. The molecule has 0 aliphatic heterocycles. The Kier molecular flexibility index (Phi) is 4.48. The van der Waals surface area contributed by atoms with Crippen molar-refractivity contribution < 1.29 is 0 Å². The predicted molar refractivity (Wildman–Crippen MR) is 75.3 cm³/mol. The van der Waals surface area contributed by atoms with Crippen LogP contribution in [-0.2, 0) is 13.0 Å². The van der Waals surface area contributed by atoms with Crippen LogP contribution in [0.2, 0.25) is 0 Å². The van der Waals surface area contributed by atoms with Gasteiger partial charge in [0.05, 0.1) is 0 Å². The number of nitrogens with zero attached hydrogens (tertiary/aromatic N) is 1. The predicted octanol–water partition coefficient (Wildman–Crippen LogP) is 3.49. The summed E-state index contributed by atoms with van der Waals surface area (Å²) in [5.41, 5.74) is 3.93. The molecular weight excluding hydrogens is 220 g/mol. The molecular formula is C16H20N2. The van der Waals surface area contributed by atoms with Gasteiger partial charge in [-0.2, -0.15) is 0 Å². The van der Waals surface area contributed by atoms with Gasteiger partial charge in [-0.05, 0) is 36.1 Å². The summed E-state index contributed by atoms with van der Waals surface area (Å²) in [6, 6.07) is 13.2. The first-order chi connectivity index (χ1) is 8.79. The first-order valence-electron chi connectivity index (χ1n) is 6.50. The van der Waals surface area contributed by atoms with Gasteiger partial charge in [0.25, 0.3) is 0 Å². The van der Waals surface area contributed by atoms with Crippen molar-refractivity contribution in [2.24, 2.45) is 0 Å². The van der Waals surface area contributed by atoms with E-state index in [4.69, 9.17) is 0 Å². The molecule has 0 radical (unpaired) electrons. The maximum absolute atomic E-state index is 4.14. The molecule has 1 heterocycles. The lowest BCUT2D eigenvalue weighted by molar-refractivity contribution is 0.573. The smallest absolute Gasteiger partial charge is 0.0315 e. The molecule has 1 unspecified atom stereocenters. The van der Waals surface area contributed by atoms with Crippen molar-refractivity contribution in [2.45, 2.75) is 32.9 Å². The third-order valence-electron chi connectivity index (χ3n) is 3.23. The minimum Gasteiger partial charge on any atom is -0.306 e. The zero-order valence-electron chi connectivity index (χ0n) is 11.1. The summed E-state index contributed by atoms with van der Waals surface area (Å²) in [5.74, 6) is 0. The van der Waals surface area contributed by atoms with E-state index < -0.39 is 0 Å². The topological polar surface area (TPSA) is 24.9 Å². The number of pyridine rings is 1. The number of benzene rings is 1. The van der Waals surface area contributed by atoms with Crippen LogP contribution in [0, 0.1) is 0 Å². The normalized spacial score (nSPS) is 12.3. The van der Waals surface area contributed by atoms with Gasteiger partial charge < -0.3 is 5.32 Å². The molecule has 1 aromatic heterocycles. The zero-order chi connectivity index (χ0) is 12.8. The molecule has 2 nitrogen and oxygen atoms in total. The summed E-state index contributed by atoms with van der Waals surface area (Å²) in [5, 5.41) is 3.51. The Labute approximate surface area is 109 Å². The van der Waals surface area contributed by atoms with E-state index in [0.717, 1.165) is 13.0 Å². The van der Waals surface area contributed by atoms with Crippen LogP contribution < -0.4 is 5.32 Å². The highest BCUT2D eigenvalue weighted by Gasteiger charge is 2.04. The Morgan fingerprint density at radius 2 is 1.83 bits per heavy atom. The van der Waals surface area contributed by atoms with E-state index in [-0.39, 0.29) is 0 Å². The summed E-state index contributed by atoms with van der Waals surface area (Å²) in [6.45, 7) is 5.23. The lowest BCUT2D eigenvalue weighted by atomic mass is 10.1. The van der Waals surface area contributed by atoms with E-state index in [0.29, 0.717) is 6.04 Å². The van der Waals surface area contributed by atoms with Gasteiger partial charge in [0, 0.05) is 25.0 Å². The molecule has 1 N–H and O–H groups in total. The first kappa shape index (κ1) is 12.8. The third kappa shape index (κ3) is 3.41. The van der Waals surface area contributed by atoms with Gasteiger partial charge >= 0.3 is 0 Å². The van der Waals surface area contributed by atoms with Crippen molar-refractivity contribution in [2.75, 3.05) is 0 Å². The maximum Gasteiger partial charge on any atom is 0.0315 e. The fourth-order valence-corrected chi connectivity index (χ4v) is 1.91. The van der Waals surface area contributed by atoms with Crippen LogP contribution in [0.4, 0.5) is 0 Å². The number of nitrogens with one attached hydrogen (secondary N) is 1. The molecule has 94 valence electrons. The van der Waals surface area contributed by atoms with E-state index in [1.165, 1.54) is 16.7 Å². The van der Waals surface area contributed by atoms with E-state index in [9.17, 15) is 0 Å². The van der Waals surface area contributed by atoms with Crippen LogP contribution >= 0.6 is 0 Å². The molecule has 0 saturated heterocycles. The van der Waals surface area contributed by atoms with Gasteiger partial charge in [-0.1, -0.05) is 37.3 Å². The Morgan fingerprint density at radius 3 is 2.44 bits per heavy atom. The SMILES string of the molecule is CCc1ccc(CNC(C)c2cccnc2)cc1. The summed E-state index contributed by atoms with van der Waals surface area (Å²) < 4.78 is 0. The minimum absolute atomic E-state index is 0.324. The number of aryl methyl sites for hydroxylation is 1. The molecule has 0 aliphatic rings. The highest BCUT2D eigenvalue weighted by molar-refractivity contribution is 5.22. The number of aromatic nitrogens is 1. The second-order valence-electron chi connectivity index (χ2n) is 4.56. The fourth-order valence-electron chi connectivity index (χ4n) is 1.91. The molecule has 1 aromatic carbocycles. The fraction of sp³-hybridized carbons (Fsp3) is 0.312. The van der Waals surface area contributed by atoms with Crippen molar-refractivity contribution in [3.8, 4) is 0 Å². The van der Waals surface area contributed by atoms with E-state index in [1.54, 1.807) is 6.20 Å². The van der Waals surface area contributed by atoms with Crippen LogP contribution in [0.5, 0.6) is 0 Å². The van der Waals surface area contributed by atoms with Crippen molar-refractivity contribution >= 4 is 0 Å².